The molecule has 0 N–H and O–H groups in total. The van der Waals surface area contributed by atoms with Crippen LogP contribution in [0, 0.1) is 17.3 Å². The van der Waals surface area contributed by atoms with E-state index in [9.17, 15) is 21.6 Å². The average Bonchev–Trinajstić information content (AvgIpc) is 3.51. The number of rotatable bonds is 7. The number of aryl methyl sites for hydroxylation is 1. The van der Waals surface area contributed by atoms with E-state index in [2.05, 4.69) is 14.8 Å². The van der Waals surface area contributed by atoms with Crippen LogP contribution >= 0.6 is 11.3 Å². The lowest BCUT2D eigenvalue weighted by molar-refractivity contribution is -0.126. The van der Waals surface area contributed by atoms with Crippen LogP contribution in [0.5, 0.6) is 0 Å². The molecule has 2 aromatic heterocycles. The van der Waals surface area contributed by atoms with Gasteiger partial charge in [0.1, 0.15) is 26.3 Å². The fourth-order valence-electron chi connectivity index (χ4n) is 6.69. The van der Waals surface area contributed by atoms with Crippen molar-refractivity contribution in [3.63, 3.8) is 0 Å². The quantitative estimate of drug-likeness (QED) is 0.471. The molecule has 1 unspecified atom stereocenters. The highest BCUT2D eigenvalue weighted by Gasteiger charge is 2.44. The van der Waals surface area contributed by atoms with Gasteiger partial charge in [0.2, 0.25) is 0 Å². The maximum Gasteiger partial charge on any atom is 0.393 e. The third kappa shape index (κ3) is 6.58. The van der Waals surface area contributed by atoms with Gasteiger partial charge in [-0.2, -0.15) is 13.2 Å². The Kier molecular flexibility index (Phi) is 7.52. The van der Waals surface area contributed by atoms with Crippen molar-refractivity contribution in [2.24, 2.45) is 17.3 Å². The Morgan fingerprint density at radius 1 is 1.08 bits per heavy atom. The zero-order valence-corrected chi connectivity index (χ0v) is 23.3. The molecule has 206 valence electrons. The molecule has 5 rings (SSSR count). The third-order valence-electron chi connectivity index (χ3n) is 8.44. The van der Waals surface area contributed by atoms with Gasteiger partial charge in [0.25, 0.3) is 0 Å². The van der Waals surface area contributed by atoms with Gasteiger partial charge in [-0.1, -0.05) is 6.92 Å². The molecule has 1 spiro atoms. The van der Waals surface area contributed by atoms with Gasteiger partial charge in [0, 0.05) is 49.1 Å². The number of hydrogen-bond acceptors (Lipinski definition) is 7. The number of hydrogen-bond donors (Lipinski definition) is 0. The topological polar surface area (TPSA) is 66.4 Å². The van der Waals surface area contributed by atoms with E-state index in [4.69, 9.17) is 4.98 Å². The van der Waals surface area contributed by atoms with Crippen LogP contribution in [0.1, 0.15) is 56.2 Å². The van der Waals surface area contributed by atoms with E-state index in [1.165, 1.54) is 6.26 Å². The van der Waals surface area contributed by atoms with Gasteiger partial charge in [-0.05, 0) is 63.0 Å². The summed E-state index contributed by atoms with van der Waals surface area (Å²) in [4.78, 5) is 15.2. The van der Waals surface area contributed by atoms with Gasteiger partial charge in [0.05, 0.1) is 17.6 Å². The second kappa shape index (κ2) is 10.3. The SMILES string of the molecule is CCc1nc(N2CCC3(CCN(CC4CCC(CS(C)(=O)=O)CC4)C3)C2)c2cc(CC(F)(F)F)sc2n1. The maximum absolute atomic E-state index is 13.0. The number of aromatic nitrogens is 2. The first-order chi connectivity index (χ1) is 17.4. The lowest BCUT2D eigenvalue weighted by Crippen LogP contribution is -2.34. The third-order valence-corrected chi connectivity index (χ3v) is 10.5. The Morgan fingerprint density at radius 2 is 1.78 bits per heavy atom. The van der Waals surface area contributed by atoms with Crippen molar-refractivity contribution >= 4 is 37.2 Å². The lowest BCUT2D eigenvalue weighted by Gasteiger charge is -2.32. The molecular weight excluding hydrogens is 521 g/mol. The molecule has 2 saturated heterocycles. The van der Waals surface area contributed by atoms with Gasteiger partial charge < -0.3 is 9.80 Å². The Balaban J connectivity index is 1.23. The Bertz CT molecular complexity index is 1220. The molecule has 1 aliphatic carbocycles. The van der Waals surface area contributed by atoms with Crippen molar-refractivity contribution < 1.29 is 21.6 Å². The molecule has 1 atom stereocenters. The molecule has 3 aliphatic rings. The highest BCUT2D eigenvalue weighted by molar-refractivity contribution is 7.90. The van der Waals surface area contributed by atoms with Crippen molar-refractivity contribution in [2.45, 2.75) is 64.5 Å². The highest BCUT2D eigenvalue weighted by Crippen LogP contribution is 2.44. The maximum atomic E-state index is 13.0. The summed E-state index contributed by atoms with van der Waals surface area (Å²) in [7, 11) is -2.91. The Labute approximate surface area is 221 Å². The number of alkyl halides is 3. The number of fused-ring (bicyclic) bond motifs is 1. The predicted octanol–water partition coefficient (Wildman–Crippen LogP) is 5.11. The van der Waals surface area contributed by atoms with E-state index >= 15 is 0 Å². The van der Waals surface area contributed by atoms with Gasteiger partial charge in [-0.15, -0.1) is 11.3 Å². The van der Waals surface area contributed by atoms with Gasteiger partial charge >= 0.3 is 6.18 Å². The minimum absolute atomic E-state index is 0.196. The summed E-state index contributed by atoms with van der Waals surface area (Å²) >= 11 is 1.13. The van der Waals surface area contributed by atoms with Crippen molar-refractivity contribution in [3.05, 3.63) is 16.8 Å². The number of nitrogens with zero attached hydrogens (tertiary/aromatic N) is 4. The molecule has 11 heteroatoms. The van der Waals surface area contributed by atoms with Crippen molar-refractivity contribution in [1.82, 2.24) is 14.9 Å². The van der Waals surface area contributed by atoms with Crippen LogP contribution in [0.2, 0.25) is 0 Å². The molecule has 3 fully saturated rings. The van der Waals surface area contributed by atoms with Crippen LogP contribution in [0.4, 0.5) is 19.0 Å². The summed E-state index contributed by atoms with van der Waals surface area (Å²) in [6.07, 6.45) is 3.24. The number of sulfone groups is 1. The molecule has 0 bridgehead atoms. The molecule has 4 heterocycles. The monoisotopic (exact) mass is 558 g/mol. The largest absolute Gasteiger partial charge is 0.393 e. The van der Waals surface area contributed by atoms with Crippen molar-refractivity contribution in [2.75, 3.05) is 49.6 Å². The minimum atomic E-state index is -4.24. The summed E-state index contributed by atoms with van der Waals surface area (Å²) in [6.45, 7) is 6.92. The van der Waals surface area contributed by atoms with Crippen molar-refractivity contribution in [3.8, 4) is 0 Å². The first kappa shape index (κ1) is 27.1. The molecule has 2 aromatic rings. The predicted molar refractivity (Wildman–Crippen MR) is 142 cm³/mol. The summed E-state index contributed by atoms with van der Waals surface area (Å²) in [5.74, 6) is 2.75. The molecule has 0 aromatic carbocycles. The second-order valence-electron chi connectivity index (χ2n) is 11.7. The molecule has 2 aliphatic heterocycles. The first-order valence-electron chi connectivity index (χ1n) is 13.4. The van der Waals surface area contributed by atoms with Crippen LogP contribution in [0.3, 0.4) is 0 Å². The second-order valence-corrected chi connectivity index (χ2v) is 15.0. The van der Waals surface area contributed by atoms with E-state index in [0.29, 0.717) is 39.5 Å². The van der Waals surface area contributed by atoms with Crippen LogP contribution in [-0.4, -0.2) is 74.2 Å². The van der Waals surface area contributed by atoms with E-state index in [-0.39, 0.29) is 5.41 Å². The van der Waals surface area contributed by atoms with Crippen LogP contribution in [0.25, 0.3) is 10.2 Å². The number of anilines is 1. The lowest BCUT2D eigenvalue weighted by atomic mass is 9.82. The number of thiophene rings is 1. The van der Waals surface area contributed by atoms with E-state index in [1.807, 2.05) is 6.92 Å². The Morgan fingerprint density at radius 3 is 2.46 bits per heavy atom. The zero-order valence-electron chi connectivity index (χ0n) is 21.7. The first-order valence-corrected chi connectivity index (χ1v) is 16.3. The standard InChI is InChI=1S/C26H37F3N4O2S2/c1-3-22-30-23(21-12-20(13-26(27,28)29)36-24(21)31-22)33-11-9-25(17-33)8-10-32(16-25)14-18-4-6-19(7-5-18)15-37(2,34)35/h12,18-19H,3-11,13-17H2,1-2H3. The Hall–Kier alpha value is -1.46. The van der Waals surface area contributed by atoms with E-state index < -0.39 is 22.4 Å². The zero-order chi connectivity index (χ0) is 26.4. The van der Waals surface area contributed by atoms with Crippen molar-refractivity contribution in [1.29, 1.82) is 0 Å². The molecule has 0 amide bonds. The van der Waals surface area contributed by atoms with Crippen LogP contribution in [0.15, 0.2) is 6.07 Å². The summed E-state index contributed by atoms with van der Waals surface area (Å²) in [6, 6.07) is 1.65. The van der Waals surface area contributed by atoms with Crippen LogP contribution < -0.4 is 4.90 Å². The molecule has 37 heavy (non-hydrogen) atoms. The van der Waals surface area contributed by atoms with Gasteiger partial charge in [-0.3, -0.25) is 0 Å². The van der Waals surface area contributed by atoms with Gasteiger partial charge in [-0.25, -0.2) is 18.4 Å². The molecule has 0 radical (unpaired) electrons. The van der Waals surface area contributed by atoms with Gasteiger partial charge in [0.15, 0.2) is 0 Å². The van der Waals surface area contributed by atoms with Crippen LogP contribution in [-0.2, 0) is 22.7 Å². The molecular formula is C26H37F3N4O2S2. The summed E-state index contributed by atoms with van der Waals surface area (Å²) in [5.41, 5.74) is 0.196. The number of halogens is 3. The van der Waals surface area contributed by atoms with E-state index in [1.54, 1.807) is 6.07 Å². The normalized spacial score (nSPS) is 27.6. The highest BCUT2D eigenvalue weighted by atomic mass is 32.2. The smallest absolute Gasteiger partial charge is 0.355 e. The summed E-state index contributed by atoms with van der Waals surface area (Å²) in [5, 5.41) is 0.749. The fourth-order valence-corrected chi connectivity index (χ4v) is 8.95. The van der Waals surface area contributed by atoms with E-state index in [0.717, 1.165) is 93.8 Å². The number of likely N-dealkylation sites (tertiary alicyclic amines) is 1. The fraction of sp³-hybridized carbons (Fsp3) is 0.769. The average molecular weight is 559 g/mol. The summed E-state index contributed by atoms with van der Waals surface area (Å²) < 4.78 is 62.4. The minimum Gasteiger partial charge on any atom is -0.355 e. The molecule has 6 nitrogen and oxygen atoms in total. The molecule has 1 saturated carbocycles.